The summed E-state index contributed by atoms with van der Waals surface area (Å²) in [5, 5.41) is 5.59. The molecule has 2 heterocycles. The smallest absolute Gasteiger partial charge is 0.369 e. The molecular formula is C9H8F3N3S2. The molecule has 1 N–H and O–H groups in total. The fraction of sp³-hybridized carbons (Fsp3) is 0.333. The Bertz CT molecular complexity index is 497. The summed E-state index contributed by atoms with van der Waals surface area (Å²) >= 11 is 1.43. The number of anilines is 1. The molecule has 0 spiro atoms. The summed E-state index contributed by atoms with van der Waals surface area (Å²) in [5.41, 5.74) is -4.18. The van der Waals surface area contributed by atoms with E-state index in [1.165, 1.54) is 17.7 Å². The number of rotatable bonds is 4. The highest BCUT2D eigenvalue weighted by atomic mass is 32.2. The first-order valence-corrected chi connectivity index (χ1v) is 6.55. The first-order chi connectivity index (χ1) is 8.06. The van der Waals surface area contributed by atoms with Crippen LogP contribution in [0.25, 0.3) is 10.2 Å². The van der Waals surface area contributed by atoms with Gasteiger partial charge in [-0.25, -0.2) is 9.97 Å². The lowest BCUT2D eigenvalue weighted by atomic mass is 10.4. The second-order valence-corrected chi connectivity index (χ2v) is 5.14. The molecule has 0 radical (unpaired) electrons. The molecule has 2 aromatic rings. The highest BCUT2D eigenvalue weighted by Crippen LogP contribution is 2.30. The summed E-state index contributed by atoms with van der Waals surface area (Å²) in [4.78, 5) is 8.88. The van der Waals surface area contributed by atoms with Crippen LogP contribution >= 0.6 is 23.1 Å². The van der Waals surface area contributed by atoms with Gasteiger partial charge in [-0.3, -0.25) is 0 Å². The van der Waals surface area contributed by atoms with Crippen molar-refractivity contribution in [2.24, 2.45) is 0 Å². The normalized spacial score (nSPS) is 11.9. The SMILES string of the molecule is FC(F)(F)SCCNc1ncnc2sccc12. The van der Waals surface area contributed by atoms with Gasteiger partial charge in [-0.1, -0.05) is 0 Å². The zero-order valence-electron chi connectivity index (χ0n) is 8.49. The van der Waals surface area contributed by atoms with Gasteiger partial charge in [0.15, 0.2) is 0 Å². The lowest BCUT2D eigenvalue weighted by Crippen LogP contribution is -2.10. The van der Waals surface area contributed by atoms with Crippen LogP contribution in [0.15, 0.2) is 17.8 Å². The van der Waals surface area contributed by atoms with Gasteiger partial charge in [0.05, 0.1) is 5.39 Å². The number of hydrogen-bond donors (Lipinski definition) is 1. The predicted octanol–water partition coefficient (Wildman–Crippen LogP) is 3.36. The largest absolute Gasteiger partial charge is 0.441 e. The van der Waals surface area contributed by atoms with E-state index in [9.17, 15) is 13.2 Å². The monoisotopic (exact) mass is 279 g/mol. The van der Waals surface area contributed by atoms with E-state index < -0.39 is 5.51 Å². The van der Waals surface area contributed by atoms with Crippen molar-refractivity contribution in [3.8, 4) is 0 Å². The van der Waals surface area contributed by atoms with Gasteiger partial charge in [0, 0.05) is 12.3 Å². The third-order valence-corrected chi connectivity index (χ3v) is 3.48. The van der Waals surface area contributed by atoms with Crippen LogP contribution in [0.1, 0.15) is 0 Å². The van der Waals surface area contributed by atoms with E-state index in [2.05, 4.69) is 15.3 Å². The van der Waals surface area contributed by atoms with E-state index in [0.717, 1.165) is 10.2 Å². The molecule has 0 aromatic carbocycles. The molecule has 0 unspecified atom stereocenters. The molecule has 0 saturated carbocycles. The van der Waals surface area contributed by atoms with E-state index in [-0.39, 0.29) is 24.1 Å². The topological polar surface area (TPSA) is 37.8 Å². The van der Waals surface area contributed by atoms with Crippen molar-refractivity contribution in [2.45, 2.75) is 5.51 Å². The summed E-state index contributed by atoms with van der Waals surface area (Å²) in [7, 11) is 0. The number of alkyl halides is 3. The summed E-state index contributed by atoms with van der Waals surface area (Å²) in [6.07, 6.45) is 1.40. The molecule has 0 aliphatic heterocycles. The Morgan fingerprint density at radius 2 is 2.18 bits per heavy atom. The Morgan fingerprint density at radius 3 is 2.94 bits per heavy atom. The average molecular weight is 279 g/mol. The molecule has 0 saturated heterocycles. The summed E-state index contributed by atoms with van der Waals surface area (Å²) in [5.74, 6) is 0.540. The summed E-state index contributed by atoms with van der Waals surface area (Å²) in [6.45, 7) is 0.214. The lowest BCUT2D eigenvalue weighted by Gasteiger charge is -2.07. The average Bonchev–Trinajstić information content (AvgIpc) is 2.71. The zero-order valence-corrected chi connectivity index (χ0v) is 10.1. The molecule has 8 heteroatoms. The third kappa shape index (κ3) is 3.47. The van der Waals surface area contributed by atoms with Crippen molar-refractivity contribution in [1.82, 2.24) is 9.97 Å². The molecule has 0 fully saturated rings. The molecule has 0 aliphatic rings. The Balaban J connectivity index is 1.93. The number of thioether (sulfide) groups is 1. The van der Waals surface area contributed by atoms with Crippen LogP contribution in [0.3, 0.4) is 0 Å². The van der Waals surface area contributed by atoms with Gasteiger partial charge in [-0.2, -0.15) is 13.2 Å². The second-order valence-electron chi connectivity index (χ2n) is 3.08. The molecule has 0 amide bonds. The maximum absolute atomic E-state index is 11.9. The van der Waals surface area contributed by atoms with Crippen molar-refractivity contribution in [3.63, 3.8) is 0 Å². The van der Waals surface area contributed by atoms with Gasteiger partial charge in [0.25, 0.3) is 0 Å². The number of nitrogens with zero attached hydrogens (tertiary/aromatic N) is 2. The molecule has 92 valence electrons. The minimum atomic E-state index is -4.18. The van der Waals surface area contributed by atoms with E-state index in [0.29, 0.717) is 5.82 Å². The van der Waals surface area contributed by atoms with E-state index in [4.69, 9.17) is 0 Å². The number of aromatic nitrogens is 2. The van der Waals surface area contributed by atoms with Crippen LogP contribution in [-0.4, -0.2) is 27.8 Å². The minimum Gasteiger partial charge on any atom is -0.369 e. The Morgan fingerprint density at radius 1 is 1.35 bits per heavy atom. The van der Waals surface area contributed by atoms with Gasteiger partial charge in [0.1, 0.15) is 17.0 Å². The highest BCUT2D eigenvalue weighted by Gasteiger charge is 2.27. The van der Waals surface area contributed by atoms with Gasteiger partial charge in [0.2, 0.25) is 0 Å². The quantitative estimate of drug-likeness (QED) is 0.871. The molecular weight excluding hydrogens is 271 g/mol. The van der Waals surface area contributed by atoms with Crippen LogP contribution in [-0.2, 0) is 0 Å². The van der Waals surface area contributed by atoms with Gasteiger partial charge < -0.3 is 5.32 Å². The van der Waals surface area contributed by atoms with Crippen molar-refractivity contribution in [3.05, 3.63) is 17.8 Å². The van der Waals surface area contributed by atoms with Crippen molar-refractivity contribution < 1.29 is 13.2 Å². The van der Waals surface area contributed by atoms with Gasteiger partial charge in [-0.15, -0.1) is 11.3 Å². The number of thiophene rings is 1. The third-order valence-electron chi connectivity index (χ3n) is 1.92. The molecule has 3 nitrogen and oxygen atoms in total. The van der Waals surface area contributed by atoms with Crippen LogP contribution in [0.4, 0.5) is 19.0 Å². The van der Waals surface area contributed by atoms with E-state index >= 15 is 0 Å². The number of hydrogen-bond acceptors (Lipinski definition) is 5. The Kier molecular flexibility index (Phi) is 3.72. The van der Waals surface area contributed by atoms with E-state index in [1.54, 1.807) is 0 Å². The van der Waals surface area contributed by atoms with Crippen LogP contribution in [0.5, 0.6) is 0 Å². The first-order valence-electron chi connectivity index (χ1n) is 4.69. The van der Waals surface area contributed by atoms with Crippen LogP contribution < -0.4 is 5.32 Å². The lowest BCUT2D eigenvalue weighted by molar-refractivity contribution is -0.0327. The Labute approximate surface area is 103 Å². The maximum atomic E-state index is 11.9. The molecule has 0 atom stereocenters. The second kappa shape index (κ2) is 5.09. The number of fused-ring (bicyclic) bond motifs is 1. The molecule has 0 aliphatic carbocycles. The fourth-order valence-corrected chi connectivity index (χ4v) is 2.44. The van der Waals surface area contributed by atoms with Gasteiger partial charge in [-0.05, 0) is 23.2 Å². The minimum absolute atomic E-state index is 0.0425. The summed E-state index contributed by atoms with van der Waals surface area (Å²) in [6, 6.07) is 1.85. The summed E-state index contributed by atoms with van der Waals surface area (Å²) < 4.78 is 35.7. The van der Waals surface area contributed by atoms with Gasteiger partial charge >= 0.3 is 5.51 Å². The number of nitrogens with one attached hydrogen (secondary N) is 1. The van der Waals surface area contributed by atoms with E-state index in [1.807, 2.05) is 11.4 Å². The number of halogens is 3. The molecule has 2 aromatic heterocycles. The molecule has 0 bridgehead atoms. The van der Waals surface area contributed by atoms with Crippen molar-refractivity contribution >= 4 is 39.1 Å². The highest BCUT2D eigenvalue weighted by molar-refractivity contribution is 8.00. The zero-order chi connectivity index (χ0) is 12.3. The molecule has 17 heavy (non-hydrogen) atoms. The van der Waals surface area contributed by atoms with Crippen molar-refractivity contribution in [1.29, 1.82) is 0 Å². The first kappa shape index (κ1) is 12.4. The standard InChI is InChI=1S/C9H8F3N3S2/c10-9(11,12)17-4-2-13-7-6-1-3-16-8(6)15-5-14-7/h1,3,5H,2,4H2,(H,13,14,15). The molecule has 2 rings (SSSR count). The van der Waals surface area contributed by atoms with Crippen molar-refractivity contribution in [2.75, 3.05) is 17.6 Å². The van der Waals surface area contributed by atoms with Crippen LogP contribution in [0.2, 0.25) is 0 Å². The maximum Gasteiger partial charge on any atom is 0.441 e. The Hall–Kier alpha value is -1.02. The fourth-order valence-electron chi connectivity index (χ4n) is 1.27. The van der Waals surface area contributed by atoms with Crippen LogP contribution in [0, 0.1) is 0 Å². The predicted molar refractivity (Wildman–Crippen MR) is 64.4 cm³/mol.